The highest BCUT2D eigenvalue weighted by atomic mass is 15.2. The van der Waals surface area contributed by atoms with E-state index in [1.165, 1.54) is 0 Å². The van der Waals surface area contributed by atoms with Gasteiger partial charge in [0.15, 0.2) is 5.82 Å². The lowest BCUT2D eigenvalue weighted by molar-refractivity contribution is 0.472. The molecule has 2 N–H and O–H groups in total. The van der Waals surface area contributed by atoms with Crippen LogP contribution < -0.4 is 5.32 Å². The van der Waals surface area contributed by atoms with Gasteiger partial charge in [0.25, 0.3) is 0 Å². The van der Waals surface area contributed by atoms with E-state index in [0.29, 0.717) is 6.04 Å². The standard InChI is InChI=1S/C12H22N4/c1-4-6-7-11(5-2)13-9-8-12-14-10(3)15-16-12/h4,11,13H,1,5-9H2,2-3H3,(H,14,15,16). The molecule has 90 valence electrons. The van der Waals surface area contributed by atoms with Gasteiger partial charge in [0, 0.05) is 19.0 Å². The monoisotopic (exact) mass is 222 g/mol. The number of H-pyrrole nitrogens is 1. The highest BCUT2D eigenvalue weighted by molar-refractivity contribution is 4.88. The average Bonchev–Trinajstić information content (AvgIpc) is 2.69. The van der Waals surface area contributed by atoms with Crippen LogP contribution in [0, 0.1) is 6.92 Å². The number of allylic oxidation sites excluding steroid dienone is 1. The quantitative estimate of drug-likeness (QED) is 0.661. The van der Waals surface area contributed by atoms with Crippen molar-refractivity contribution in [1.82, 2.24) is 20.5 Å². The fourth-order valence-electron chi connectivity index (χ4n) is 1.66. The number of hydrogen-bond donors (Lipinski definition) is 2. The number of nitrogens with one attached hydrogen (secondary N) is 2. The first-order valence-electron chi connectivity index (χ1n) is 5.98. The molecule has 0 saturated heterocycles. The molecule has 1 heterocycles. The molecule has 0 spiro atoms. The van der Waals surface area contributed by atoms with Gasteiger partial charge in [0.05, 0.1) is 0 Å². The van der Waals surface area contributed by atoms with Crippen LogP contribution in [-0.4, -0.2) is 27.8 Å². The van der Waals surface area contributed by atoms with Crippen LogP contribution in [-0.2, 0) is 6.42 Å². The minimum atomic E-state index is 0.582. The second-order valence-corrected chi connectivity index (χ2v) is 4.01. The molecular formula is C12H22N4. The maximum atomic E-state index is 4.27. The molecule has 4 heteroatoms. The van der Waals surface area contributed by atoms with Gasteiger partial charge in [-0.3, -0.25) is 5.10 Å². The molecule has 1 aromatic heterocycles. The molecule has 1 aromatic rings. The van der Waals surface area contributed by atoms with Gasteiger partial charge in [0.1, 0.15) is 5.82 Å². The molecule has 1 unspecified atom stereocenters. The maximum absolute atomic E-state index is 4.27. The number of aryl methyl sites for hydroxylation is 1. The van der Waals surface area contributed by atoms with Gasteiger partial charge in [-0.25, -0.2) is 4.98 Å². The molecule has 4 nitrogen and oxygen atoms in total. The third-order valence-electron chi connectivity index (χ3n) is 2.64. The van der Waals surface area contributed by atoms with Gasteiger partial charge in [-0.2, -0.15) is 5.10 Å². The minimum Gasteiger partial charge on any atom is -0.314 e. The molecule has 16 heavy (non-hydrogen) atoms. The van der Waals surface area contributed by atoms with E-state index in [0.717, 1.165) is 43.9 Å². The summed E-state index contributed by atoms with van der Waals surface area (Å²) in [6, 6.07) is 0.582. The summed E-state index contributed by atoms with van der Waals surface area (Å²) in [6.45, 7) is 8.81. The van der Waals surface area contributed by atoms with E-state index in [4.69, 9.17) is 0 Å². The van der Waals surface area contributed by atoms with Crippen molar-refractivity contribution in [3.05, 3.63) is 24.3 Å². The van der Waals surface area contributed by atoms with Crippen molar-refractivity contribution in [3.8, 4) is 0 Å². The van der Waals surface area contributed by atoms with Crippen molar-refractivity contribution < 1.29 is 0 Å². The molecular weight excluding hydrogens is 200 g/mol. The van der Waals surface area contributed by atoms with Crippen LogP contribution in [0.4, 0.5) is 0 Å². The number of nitrogens with zero attached hydrogens (tertiary/aromatic N) is 2. The second kappa shape index (κ2) is 7.17. The SMILES string of the molecule is C=CCCC(CC)NCCc1n[nH]c(C)n1. The third-order valence-corrected chi connectivity index (χ3v) is 2.64. The smallest absolute Gasteiger partial charge is 0.151 e. The van der Waals surface area contributed by atoms with Gasteiger partial charge in [-0.05, 0) is 26.2 Å². The van der Waals surface area contributed by atoms with Gasteiger partial charge < -0.3 is 5.32 Å². The summed E-state index contributed by atoms with van der Waals surface area (Å²) >= 11 is 0. The van der Waals surface area contributed by atoms with E-state index in [-0.39, 0.29) is 0 Å². The Labute approximate surface area is 97.6 Å². The molecule has 0 amide bonds. The van der Waals surface area contributed by atoms with Gasteiger partial charge >= 0.3 is 0 Å². The van der Waals surface area contributed by atoms with Crippen LogP contribution in [0.1, 0.15) is 37.8 Å². The zero-order valence-electron chi connectivity index (χ0n) is 10.3. The number of aromatic amines is 1. The van der Waals surface area contributed by atoms with Gasteiger partial charge in [-0.15, -0.1) is 6.58 Å². The summed E-state index contributed by atoms with van der Waals surface area (Å²) in [5.74, 6) is 1.78. The summed E-state index contributed by atoms with van der Waals surface area (Å²) in [6.07, 6.45) is 6.25. The summed E-state index contributed by atoms with van der Waals surface area (Å²) in [4.78, 5) is 4.27. The van der Waals surface area contributed by atoms with Crippen LogP contribution in [0.2, 0.25) is 0 Å². The Kier molecular flexibility index (Phi) is 5.78. The average molecular weight is 222 g/mol. The van der Waals surface area contributed by atoms with Crippen molar-refractivity contribution in [2.45, 2.75) is 45.6 Å². The number of aromatic nitrogens is 3. The van der Waals surface area contributed by atoms with Crippen molar-refractivity contribution in [2.75, 3.05) is 6.54 Å². The Morgan fingerprint density at radius 1 is 1.56 bits per heavy atom. The molecule has 0 aliphatic rings. The molecule has 1 rings (SSSR count). The molecule has 0 saturated carbocycles. The van der Waals surface area contributed by atoms with Gasteiger partial charge in [0.2, 0.25) is 0 Å². The highest BCUT2D eigenvalue weighted by Crippen LogP contribution is 2.02. The van der Waals surface area contributed by atoms with Crippen LogP contribution in [0.3, 0.4) is 0 Å². The van der Waals surface area contributed by atoms with Crippen LogP contribution in [0.5, 0.6) is 0 Å². The lowest BCUT2D eigenvalue weighted by Gasteiger charge is -2.15. The predicted molar refractivity (Wildman–Crippen MR) is 66.3 cm³/mol. The lowest BCUT2D eigenvalue weighted by atomic mass is 10.1. The largest absolute Gasteiger partial charge is 0.314 e. The van der Waals surface area contributed by atoms with Crippen LogP contribution in [0.15, 0.2) is 12.7 Å². The normalized spacial score (nSPS) is 12.6. The first-order valence-corrected chi connectivity index (χ1v) is 5.98. The predicted octanol–water partition coefficient (Wildman–Crippen LogP) is 1.99. The second-order valence-electron chi connectivity index (χ2n) is 4.01. The molecule has 0 radical (unpaired) electrons. The zero-order valence-corrected chi connectivity index (χ0v) is 10.3. The Balaban J connectivity index is 2.20. The minimum absolute atomic E-state index is 0.582. The Morgan fingerprint density at radius 3 is 2.94 bits per heavy atom. The number of hydrogen-bond acceptors (Lipinski definition) is 3. The Morgan fingerprint density at radius 2 is 2.38 bits per heavy atom. The van der Waals surface area contributed by atoms with E-state index in [1.54, 1.807) is 0 Å². The van der Waals surface area contributed by atoms with E-state index in [2.05, 4.69) is 34.0 Å². The topological polar surface area (TPSA) is 53.6 Å². The summed E-state index contributed by atoms with van der Waals surface area (Å²) in [5.41, 5.74) is 0. The summed E-state index contributed by atoms with van der Waals surface area (Å²) in [5, 5.41) is 10.5. The van der Waals surface area contributed by atoms with E-state index < -0.39 is 0 Å². The maximum Gasteiger partial charge on any atom is 0.151 e. The highest BCUT2D eigenvalue weighted by Gasteiger charge is 2.05. The summed E-state index contributed by atoms with van der Waals surface area (Å²) < 4.78 is 0. The first kappa shape index (κ1) is 12.9. The lowest BCUT2D eigenvalue weighted by Crippen LogP contribution is -2.30. The third kappa shape index (κ3) is 4.57. The summed E-state index contributed by atoms with van der Waals surface area (Å²) in [7, 11) is 0. The molecule has 1 atom stereocenters. The van der Waals surface area contributed by atoms with Crippen molar-refractivity contribution in [2.24, 2.45) is 0 Å². The van der Waals surface area contributed by atoms with Crippen LogP contribution in [0.25, 0.3) is 0 Å². The molecule has 0 aliphatic carbocycles. The van der Waals surface area contributed by atoms with Crippen molar-refractivity contribution in [1.29, 1.82) is 0 Å². The van der Waals surface area contributed by atoms with Gasteiger partial charge in [-0.1, -0.05) is 13.0 Å². The Bertz CT molecular complexity index is 306. The van der Waals surface area contributed by atoms with Crippen molar-refractivity contribution >= 4 is 0 Å². The van der Waals surface area contributed by atoms with E-state index in [9.17, 15) is 0 Å². The fourth-order valence-corrected chi connectivity index (χ4v) is 1.66. The Hall–Kier alpha value is -1.16. The zero-order chi connectivity index (χ0) is 11.8. The van der Waals surface area contributed by atoms with E-state index >= 15 is 0 Å². The van der Waals surface area contributed by atoms with Crippen LogP contribution >= 0.6 is 0 Å². The molecule has 0 aromatic carbocycles. The molecule has 0 fully saturated rings. The van der Waals surface area contributed by atoms with E-state index in [1.807, 2.05) is 13.0 Å². The molecule has 0 bridgehead atoms. The van der Waals surface area contributed by atoms with Crippen molar-refractivity contribution in [3.63, 3.8) is 0 Å². The first-order chi connectivity index (χ1) is 7.76. The fraction of sp³-hybridized carbons (Fsp3) is 0.667. The molecule has 0 aliphatic heterocycles. The number of rotatable bonds is 8.